The Morgan fingerprint density at radius 2 is 2.00 bits per heavy atom. The lowest BCUT2D eigenvalue weighted by Crippen LogP contribution is -2.37. The van der Waals surface area contributed by atoms with E-state index < -0.39 is 32.5 Å². The molecule has 0 heterocycles. The van der Waals surface area contributed by atoms with Crippen molar-refractivity contribution in [3.8, 4) is 12.1 Å². The van der Waals surface area contributed by atoms with E-state index in [9.17, 15) is 13.2 Å². The first-order valence-corrected chi connectivity index (χ1v) is 8.31. The monoisotopic (exact) mass is 302 g/mol. The minimum atomic E-state index is -3.73. The summed E-state index contributed by atoms with van der Waals surface area (Å²) in [6.45, 7) is 0. The maximum atomic E-state index is 12.4. The number of rotatable bonds is 4. The van der Waals surface area contributed by atoms with Crippen molar-refractivity contribution in [3.05, 3.63) is 35.4 Å². The summed E-state index contributed by atoms with van der Waals surface area (Å²) in [5, 5.41) is 16.4. The van der Waals surface area contributed by atoms with Gasteiger partial charge in [0.05, 0.1) is 30.2 Å². The summed E-state index contributed by atoms with van der Waals surface area (Å²) < 4.78 is 24.7. The Balaban J connectivity index is 2.25. The molecule has 0 spiro atoms. The number of sulfone groups is 1. The minimum Gasteiger partial charge on any atom is -0.293 e. The van der Waals surface area contributed by atoms with E-state index in [-0.39, 0.29) is 12.8 Å². The van der Waals surface area contributed by atoms with Crippen molar-refractivity contribution < 1.29 is 13.2 Å². The Morgan fingerprint density at radius 1 is 1.29 bits per heavy atom. The van der Waals surface area contributed by atoms with Crippen LogP contribution in [-0.4, -0.2) is 25.2 Å². The Bertz CT molecular complexity index is 741. The van der Waals surface area contributed by atoms with Gasteiger partial charge in [-0.3, -0.25) is 4.79 Å². The van der Waals surface area contributed by atoms with Gasteiger partial charge in [0.2, 0.25) is 0 Å². The number of hydrogen-bond acceptors (Lipinski definition) is 5. The molecule has 21 heavy (non-hydrogen) atoms. The third kappa shape index (κ3) is 3.12. The maximum absolute atomic E-state index is 12.4. The number of ketones is 1. The van der Waals surface area contributed by atoms with Gasteiger partial charge in [0, 0.05) is 5.56 Å². The number of benzene rings is 1. The van der Waals surface area contributed by atoms with Crippen molar-refractivity contribution in [2.45, 2.75) is 24.5 Å². The van der Waals surface area contributed by atoms with Crippen LogP contribution in [0.5, 0.6) is 0 Å². The van der Waals surface area contributed by atoms with Crippen LogP contribution in [0.1, 0.15) is 28.8 Å². The number of Topliss-reactive ketones (excluding diaryl/α,β-unsaturated/α-hetero) is 1. The zero-order chi connectivity index (χ0) is 15.5. The first-order valence-electron chi connectivity index (χ1n) is 6.60. The molecule has 5 nitrogen and oxygen atoms in total. The molecule has 6 heteroatoms. The van der Waals surface area contributed by atoms with Crippen molar-refractivity contribution in [2.24, 2.45) is 5.92 Å². The van der Waals surface area contributed by atoms with Crippen LogP contribution in [0.15, 0.2) is 24.3 Å². The molecule has 2 atom stereocenters. The molecule has 2 rings (SSSR count). The van der Waals surface area contributed by atoms with Crippen LogP contribution < -0.4 is 0 Å². The van der Waals surface area contributed by atoms with Crippen LogP contribution in [0.4, 0.5) is 0 Å². The highest BCUT2D eigenvalue weighted by molar-refractivity contribution is 7.92. The summed E-state index contributed by atoms with van der Waals surface area (Å²) in [5.74, 6) is -1.72. The number of nitrogens with zero attached hydrogens (tertiary/aromatic N) is 2. The van der Waals surface area contributed by atoms with Gasteiger partial charge in [-0.1, -0.05) is 24.3 Å². The van der Waals surface area contributed by atoms with Gasteiger partial charge in [-0.15, -0.1) is 0 Å². The summed E-state index contributed by atoms with van der Waals surface area (Å²) >= 11 is 0. The highest BCUT2D eigenvalue weighted by Crippen LogP contribution is 2.27. The minimum absolute atomic E-state index is 0.146. The molecule has 0 bridgehead atoms. The predicted octanol–water partition coefficient (Wildman–Crippen LogP) is 1.65. The molecule has 1 aliphatic carbocycles. The summed E-state index contributed by atoms with van der Waals surface area (Å²) in [6, 6.07) is 10.6. The van der Waals surface area contributed by atoms with Gasteiger partial charge >= 0.3 is 0 Å². The van der Waals surface area contributed by atoms with Crippen molar-refractivity contribution in [1.82, 2.24) is 0 Å². The molecule has 0 N–H and O–H groups in total. The molecule has 0 radical (unpaired) electrons. The molecule has 1 unspecified atom stereocenters. The van der Waals surface area contributed by atoms with Crippen LogP contribution in [0.3, 0.4) is 0 Å². The van der Waals surface area contributed by atoms with E-state index >= 15 is 0 Å². The SMILES string of the molecule is N#CCC(C#N)CS(=O)(=O)[C@H]1CCc2ccccc2C1=O. The van der Waals surface area contributed by atoms with Crippen LogP contribution in [0, 0.1) is 28.6 Å². The van der Waals surface area contributed by atoms with Crippen molar-refractivity contribution in [3.63, 3.8) is 0 Å². The Kier molecular flexibility index (Phi) is 4.40. The normalized spacial score (nSPS) is 19.1. The van der Waals surface area contributed by atoms with Gasteiger partial charge in [0.1, 0.15) is 5.25 Å². The lowest BCUT2D eigenvalue weighted by Gasteiger charge is -2.23. The van der Waals surface area contributed by atoms with Gasteiger partial charge in [-0.25, -0.2) is 8.42 Å². The van der Waals surface area contributed by atoms with Crippen LogP contribution >= 0.6 is 0 Å². The Hall–Kier alpha value is -2.18. The van der Waals surface area contributed by atoms with Crippen LogP contribution in [0.2, 0.25) is 0 Å². The number of carbonyl (C=O) groups excluding carboxylic acids is 1. The lowest BCUT2D eigenvalue weighted by atomic mass is 9.90. The fraction of sp³-hybridized carbons (Fsp3) is 0.400. The smallest absolute Gasteiger partial charge is 0.181 e. The Labute approximate surface area is 123 Å². The molecule has 0 aromatic heterocycles. The van der Waals surface area contributed by atoms with Gasteiger partial charge in [0.15, 0.2) is 15.6 Å². The molecular formula is C15H14N2O3S. The quantitative estimate of drug-likeness (QED) is 0.842. The number of aryl methyl sites for hydroxylation is 1. The van der Waals surface area contributed by atoms with Gasteiger partial charge in [-0.05, 0) is 18.4 Å². The van der Waals surface area contributed by atoms with E-state index in [4.69, 9.17) is 10.5 Å². The molecule has 1 aromatic rings. The number of nitriles is 2. The largest absolute Gasteiger partial charge is 0.293 e. The first-order chi connectivity index (χ1) is 9.99. The second-order valence-corrected chi connectivity index (χ2v) is 7.29. The van der Waals surface area contributed by atoms with E-state index in [2.05, 4.69) is 0 Å². The summed E-state index contributed by atoms with van der Waals surface area (Å²) in [6.07, 6.45) is 0.622. The zero-order valence-corrected chi connectivity index (χ0v) is 12.1. The third-order valence-electron chi connectivity index (χ3n) is 3.64. The molecule has 0 fully saturated rings. The molecule has 108 valence electrons. The van der Waals surface area contributed by atoms with E-state index in [1.54, 1.807) is 18.2 Å². The van der Waals surface area contributed by atoms with Crippen LogP contribution in [-0.2, 0) is 16.3 Å². The van der Waals surface area contributed by atoms with Gasteiger partial charge in [-0.2, -0.15) is 10.5 Å². The molecule has 0 saturated heterocycles. The zero-order valence-electron chi connectivity index (χ0n) is 11.3. The summed E-state index contributed by atoms with van der Waals surface area (Å²) in [5.41, 5.74) is 1.31. The average molecular weight is 302 g/mol. The first kappa shape index (κ1) is 15.2. The predicted molar refractivity (Wildman–Crippen MR) is 76.0 cm³/mol. The molecule has 0 saturated carbocycles. The molecule has 1 aromatic carbocycles. The fourth-order valence-corrected chi connectivity index (χ4v) is 4.48. The van der Waals surface area contributed by atoms with E-state index in [1.807, 2.05) is 18.2 Å². The van der Waals surface area contributed by atoms with Gasteiger partial charge in [0.25, 0.3) is 0 Å². The molecule has 1 aliphatic rings. The second-order valence-electron chi connectivity index (χ2n) is 5.07. The number of hydrogen-bond donors (Lipinski definition) is 0. The van der Waals surface area contributed by atoms with Crippen molar-refractivity contribution in [2.75, 3.05) is 5.75 Å². The van der Waals surface area contributed by atoms with Gasteiger partial charge < -0.3 is 0 Å². The Morgan fingerprint density at radius 3 is 2.67 bits per heavy atom. The summed E-state index contributed by atoms with van der Waals surface area (Å²) in [4.78, 5) is 12.4. The highest BCUT2D eigenvalue weighted by atomic mass is 32.2. The lowest BCUT2D eigenvalue weighted by molar-refractivity contribution is 0.0976. The van der Waals surface area contributed by atoms with E-state index in [0.717, 1.165) is 5.56 Å². The standard InChI is InChI=1S/C15H14N2O3S/c16-8-7-11(9-17)10-21(19,20)14-6-5-12-3-1-2-4-13(12)15(14)18/h1-4,11,14H,5-7,10H2/t11?,14-/m0/s1. The van der Waals surface area contributed by atoms with E-state index in [0.29, 0.717) is 12.0 Å². The number of carbonyl (C=O) groups is 1. The summed E-state index contributed by atoms with van der Waals surface area (Å²) in [7, 11) is -3.73. The highest BCUT2D eigenvalue weighted by Gasteiger charge is 2.38. The topological polar surface area (TPSA) is 98.8 Å². The fourth-order valence-electron chi connectivity index (χ4n) is 2.56. The molecular weight excluding hydrogens is 288 g/mol. The van der Waals surface area contributed by atoms with Crippen molar-refractivity contribution >= 4 is 15.6 Å². The third-order valence-corrected chi connectivity index (χ3v) is 5.82. The van der Waals surface area contributed by atoms with E-state index in [1.165, 1.54) is 0 Å². The average Bonchev–Trinajstić information content (AvgIpc) is 2.47. The maximum Gasteiger partial charge on any atom is 0.181 e. The molecule has 0 aliphatic heterocycles. The number of fused-ring (bicyclic) bond motifs is 1. The van der Waals surface area contributed by atoms with Crippen molar-refractivity contribution in [1.29, 1.82) is 10.5 Å². The van der Waals surface area contributed by atoms with Crippen LogP contribution in [0.25, 0.3) is 0 Å². The molecule has 0 amide bonds. The second kappa shape index (κ2) is 6.07.